The molecule has 0 aliphatic carbocycles. The van der Waals surface area contributed by atoms with Crippen molar-refractivity contribution in [3.05, 3.63) is 30.3 Å². The number of nitrogens with zero attached hydrogens (tertiary/aromatic N) is 2. The van der Waals surface area contributed by atoms with Gasteiger partial charge in [-0.15, -0.1) is 0 Å². The third-order valence-electron chi connectivity index (χ3n) is 5.72. The van der Waals surface area contributed by atoms with E-state index in [1.165, 1.54) is 4.31 Å². The van der Waals surface area contributed by atoms with E-state index in [-0.39, 0.29) is 22.6 Å². The van der Waals surface area contributed by atoms with Crippen molar-refractivity contribution in [2.24, 2.45) is 11.7 Å². The van der Waals surface area contributed by atoms with Gasteiger partial charge < -0.3 is 10.6 Å². The van der Waals surface area contributed by atoms with Crippen molar-refractivity contribution < 1.29 is 18.0 Å². The minimum Gasteiger partial charge on any atom is -0.370 e. The fraction of sp³-hybridized carbons (Fsp3) is 0.600. The number of likely N-dealkylation sites (tertiary alicyclic amines) is 1. The van der Waals surface area contributed by atoms with Gasteiger partial charge in [0.1, 0.15) is 6.04 Å². The monoisotopic (exact) mass is 407 g/mol. The van der Waals surface area contributed by atoms with E-state index in [2.05, 4.69) is 0 Å². The average Bonchev–Trinajstić information content (AvgIpc) is 2.72. The zero-order valence-corrected chi connectivity index (χ0v) is 16.9. The lowest BCUT2D eigenvalue weighted by Crippen LogP contribution is -2.54. The van der Waals surface area contributed by atoms with Crippen molar-refractivity contribution in [1.29, 1.82) is 0 Å². The second kappa shape index (κ2) is 9.05. The Morgan fingerprint density at radius 2 is 1.79 bits per heavy atom. The van der Waals surface area contributed by atoms with Crippen LogP contribution in [-0.4, -0.2) is 55.1 Å². The SMILES string of the molecule is NC(=O)CCC1CCCN(C(=O)C2CCCCN2S(=O)(=O)c2ccccc2)C1. The number of sulfonamides is 1. The van der Waals surface area contributed by atoms with E-state index < -0.39 is 16.1 Å². The minimum atomic E-state index is -3.71. The largest absolute Gasteiger partial charge is 0.370 e. The van der Waals surface area contributed by atoms with Gasteiger partial charge in [-0.25, -0.2) is 8.42 Å². The van der Waals surface area contributed by atoms with Gasteiger partial charge in [0, 0.05) is 26.1 Å². The first-order valence-corrected chi connectivity index (χ1v) is 11.5. The second-order valence-corrected chi connectivity index (χ2v) is 9.63. The smallest absolute Gasteiger partial charge is 0.243 e. The standard InChI is InChI=1S/C20H29N3O4S/c21-19(24)12-11-16-7-6-13-22(15-16)20(25)18-10-4-5-14-23(18)28(26,27)17-8-2-1-3-9-17/h1-3,8-9,16,18H,4-7,10-15H2,(H2,21,24). The highest BCUT2D eigenvalue weighted by Crippen LogP contribution is 2.28. The van der Waals surface area contributed by atoms with E-state index in [4.69, 9.17) is 5.73 Å². The summed E-state index contributed by atoms with van der Waals surface area (Å²) < 4.78 is 27.7. The van der Waals surface area contributed by atoms with E-state index >= 15 is 0 Å². The molecule has 8 heteroatoms. The van der Waals surface area contributed by atoms with Crippen molar-refractivity contribution in [1.82, 2.24) is 9.21 Å². The third kappa shape index (κ3) is 4.72. The quantitative estimate of drug-likeness (QED) is 0.776. The number of hydrogen-bond donors (Lipinski definition) is 1. The highest BCUT2D eigenvalue weighted by atomic mass is 32.2. The molecule has 2 heterocycles. The Morgan fingerprint density at radius 3 is 2.50 bits per heavy atom. The predicted octanol–water partition coefficient (Wildman–Crippen LogP) is 1.73. The molecule has 0 aromatic heterocycles. The van der Waals surface area contributed by atoms with Crippen LogP contribution in [0.4, 0.5) is 0 Å². The van der Waals surface area contributed by atoms with Crippen LogP contribution < -0.4 is 5.73 Å². The molecule has 0 bridgehead atoms. The molecule has 0 spiro atoms. The Bertz CT molecular complexity index is 797. The summed E-state index contributed by atoms with van der Waals surface area (Å²) in [6.07, 6.45) is 4.99. The van der Waals surface area contributed by atoms with E-state index in [0.29, 0.717) is 38.9 Å². The Kier molecular flexibility index (Phi) is 6.72. The van der Waals surface area contributed by atoms with Crippen molar-refractivity contribution in [3.8, 4) is 0 Å². The van der Waals surface area contributed by atoms with Crippen LogP contribution in [-0.2, 0) is 19.6 Å². The summed E-state index contributed by atoms with van der Waals surface area (Å²) in [5.41, 5.74) is 5.25. The maximum absolute atomic E-state index is 13.3. The fourth-order valence-electron chi connectivity index (χ4n) is 4.23. The van der Waals surface area contributed by atoms with E-state index in [1.54, 1.807) is 35.2 Å². The summed E-state index contributed by atoms with van der Waals surface area (Å²) >= 11 is 0. The number of carbonyl (C=O) groups is 2. The maximum atomic E-state index is 13.3. The number of hydrogen-bond acceptors (Lipinski definition) is 4. The highest BCUT2D eigenvalue weighted by molar-refractivity contribution is 7.89. The molecule has 2 N–H and O–H groups in total. The van der Waals surface area contributed by atoms with Gasteiger partial charge in [0.2, 0.25) is 21.8 Å². The lowest BCUT2D eigenvalue weighted by molar-refractivity contribution is -0.138. The molecule has 2 atom stereocenters. The van der Waals surface area contributed by atoms with Crippen molar-refractivity contribution in [2.45, 2.75) is 55.9 Å². The molecule has 3 rings (SSSR count). The first-order chi connectivity index (χ1) is 13.4. The van der Waals surface area contributed by atoms with Crippen LogP contribution in [0.3, 0.4) is 0 Å². The van der Waals surface area contributed by atoms with Gasteiger partial charge in [-0.3, -0.25) is 9.59 Å². The summed E-state index contributed by atoms with van der Waals surface area (Å²) in [4.78, 5) is 26.3. The average molecular weight is 408 g/mol. The summed E-state index contributed by atoms with van der Waals surface area (Å²) in [5.74, 6) is -0.188. The summed E-state index contributed by atoms with van der Waals surface area (Å²) in [6, 6.07) is 7.67. The molecule has 2 aliphatic heterocycles. The van der Waals surface area contributed by atoms with E-state index in [9.17, 15) is 18.0 Å². The topological polar surface area (TPSA) is 101 Å². The predicted molar refractivity (Wildman–Crippen MR) is 106 cm³/mol. The van der Waals surface area contributed by atoms with Gasteiger partial charge in [-0.2, -0.15) is 4.31 Å². The molecule has 28 heavy (non-hydrogen) atoms. The normalized spacial score (nSPS) is 24.1. The molecular weight excluding hydrogens is 378 g/mol. The lowest BCUT2D eigenvalue weighted by Gasteiger charge is -2.39. The number of piperidine rings is 2. The van der Waals surface area contributed by atoms with Crippen LogP contribution in [0.15, 0.2) is 35.2 Å². The van der Waals surface area contributed by atoms with Crippen molar-refractivity contribution >= 4 is 21.8 Å². The Labute approximate surface area is 166 Å². The van der Waals surface area contributed by atoms with Gasteiger partial charge in [-0.05, 0) is 50.2 Å². The summed E-state index contributed by atoms with van der Waals surface area (Å²) in [7, 11) is -3.71. The molecular formula is C20H29N3O4S. The highest BCUT2D eigenvalue weighted by Gasteiger charge is 2.40. The van der Waals surface area contributed by atoms with E-state index in [0.717, 1.165) is 25.7 Å². The number of carbonyl (C=O) groups excluding carboxylic acids is 2. The van der Waals surface area contributed by atoms with E-state index in [1.807, 2.05) is 0 Å². The third-order valence-corrected chi connectivity index (χ3v) is 7.64. The zero-order valence-electron chi connectivity index (χ0n) is 16.1. The molecule has 0 radical (unpaired) electrons. The van der Waals surface area contributed by atoms with Gasteiger partial charge >= 0.3 is 0 Å². The first-order valence-electron chi connectivity index (χ1n) is 10.0. The second-order valence-electron chi connectivity index (χ2n) is 7.74. The van der Waals surface area contributed by atoms with Crippen molar-refractivity contribution in [2.75, 3.05) is 19.6 Å². The molecule has 0 saturated carbocycles. The van der Waals surface area contributed by atoms with Gasteiger partial charge in [0.25, 0.3) is 0 Å². The summed E-state index contributed by atoms with van der Waals surface area (Å²) in [6.45, 7) is 1.58. The minimum absolute atomic E-state index is 0.108. The molecule has 2 saturated heterocycles. The molecule has 2 unspecified atom stereocenters. The number of primary amides is 1. The molecule has 2 amide bonds. The van der Waals surface area contributed by atoms with Crippen LogP contribution in [0.5, 0.6) is 0 Å². The lowest BCUT2D eigenvalue weighted by atomic mass is 9.92. The van der Waals surface area contributed by atoms with Gasteiger partial charge in [-0.1, -0.05) is 24.6 Å². The first kappa shape index (κ1) is 20.8. The molecule has 154 valence electrons. The molecule has 2 aliphatic rings. The number of nitrogens with two attached hydrogens (primary N) is 1. The molecule has 1 aromatic carbocycles. The number of benzene rings is 1. The fourth-order valence-corrected chi connectivity index (χ4v) is 5.90. The number of amides is 2. The van der Waals surface area contributed by atoms with Crippen LogP contribution >= 0.6 is 0 Å². The van der Waals surface area contributed by atoms with Crippen molar-refractivity contribution in [3.63, 3.8) is 0 Å². The van der Waals surface area contributed by atoms with Crippen LogP contribution in [0.2, 0.25) is 0 Å². The van der Waals surface area contributed by atoms with Gasteiger partial charge in [0.15, 0.2) is 0 Å². The molecule has 7 nitrogen and oxygen atoms in total. The Morgan fingerprint density at radius 1 is 1.04 bits per heavy atom. The van der Waals surface area contributed by atoms with Crippen LogP contribution in [0.1, 0.15) is 44.9 Å². The molecule has 2 fully saturated rings. The molecule has 1 aromatic rings. The number of rotatable bonds is 6. The maximum Gasteiger partial charge on any atom is 0.243 e. The van der Waals surface area contributed by atoms with Crippen LogP contribution in [0, 0.1) is 5.92 Å². The summed E-state index contributed by atoms with van der Waals surface area (Å²) in [5, 5.41) is 0. The van der Waals surface area contributed by atoms with Crippen LogP contribution in [0.25, 0.3) is 0 Å². The Balaban J connectivity index is 1.74. The Hall–Kier alpha value is -1.93. The van der Waals surface area contributed by atoms with Gasteiger partial charge in [0.05, 0.1) is 4.90 Å². The zero-order chi connectivity index (χ0) is 20.1.